The Morgan fingerprint density at radius 1 is 0.966 bits per heavy atom. The van der Waals surface area contributed by atoms with E-state index in [4.69, 9.17) is 14.2 Å². The van der Waals surface area contributed by atoms with Gasteiger partial charge < -0.3 is 19.5 Å². The minimum absolute atomic E-state index is 0.260. The maximum Gasteiger partial charge on any atom is 0.344 e. The third-order valence-electron chi connectivity index (χ3n) is 4.21. The van der Waals surface area contributed by atoms with E-state index < -0.39 is 5.97 Å². The van der Waals surface area contributed by atoms with E-state index in [2.05, 4.69) is 19.2 Å². The van der Waals surface area contributed by atoms with Crippen molar-refractivity contribution in [2.45, 2.75) is 40.0 Å². The van der Waals surface area contributed by atoms with E-state index in [0.29, 0.717) is 18.1 Å². The number of carbonyl (C=O) groups excluding carboxylic acids is 2. The molecule has 0 atom stereocenters. The van der Waals surface area contributed by atoms with Gasteiger partial charge in [-0.2, -0.15) is 0 Å². The molecule has 0 aliphatic heterocycles. The van der Waals surface area contributed by atoms with Gasteiger partial charge in [-0.3, -0.25) is 4.79 Å². The summed E-state index contributed by atoms with van der Waals surface area (Å²) in [6.45, 7) is 7.94. The molecule has 0 unspecified atom stereocenters. The number of amides is 1. The molecule has 0 radical (unpaired) electrons. The molecule has 156 valence electrons. The van der Waals surface area contributed by atoms with Gasteiger partial charge in [0.25, 0.3) is 5.91 Å². The first-order valence-corrected chi connectivity index (χ1v) is 9.82. The highest BCUT2D eigenvalue weighted by Gasteiger charge is 2.14. The van der Waals surface area contributed by atoms with Crippen LogP contribution in [0.4, 0.5) is 5.69 Å². The summed E-state index contributed by atoms with van der Waals surface area (Å²) < 4.78 is 16.1. The molecule has 0 saturated carbocycles. The summed E-state index contributed by atoms with van der Waals surface area (Å²) in [5.41, 5.74) is 2.77. The van der Waals surface area contributed by atoms with Crippen LogP contribution in [0.1, 0.15) is 44.2 Å². The van der Waals surface area contributed by atoms with Gasteiger partial charge in [0.2, 0.25) is 0 Å². The lowest BCUT2D eigenvalue weighted by atomic mass is 9.98. The summed E-state index contributed by atoms with van der Waals surface area (Å²) in [5, 5.41) is 2.84. The third kappa shape index (κ3) is 6.82. The Balaban J connectivity index is 1.85. The number of ether oxygens (including phenoxy) is 3. The monoisotopic (exact) mass is 399 g/mol. The molecule has 2 rings (SSSR count). The highest BCUT2D eigenvalue weighted by molar-refractivity contribution is 5.94. The number of para-hydroxylation sites is 3. The number of nitrogens with one attached hydrogen (secondary N) is 1. The molecule has 1 amide bonds. The fourth-order valence-electron chi connectivity index (χ4n) is 2.74. The summed E-state index contributed by atoms with van der Waals surface area (Å²) in [4.78, 5) is 24.2. The molecule has 0 fully saturated rings. The van der Waals surface area contributed by atoms with Gasteiger partial charge in [0.15, 0.2) is 24.7 Å². The van der Waals surface area contributed by atoms with Crippen LogP contribution in [0.15, 0.2) is 42.5 Å². The molecular formula is C23H29NO5. The zero-order valence-electron chi connectivity index (χ0n) is 17.5. The van der Waals surface area contributed by atoms with Crippen molar-refractivity contribution in [3.05, 3.63) is 53.6 Å². The lowest BCUT2D eigenvalue weighted by Gasteiger charge is -2.16. The Hall–Kier alpha value is -3.02. The molecule has 2 aromatic rings. The Labute approximate surface area is 172 Å². The van der Waals surface area contributed by atoms with Gasteiger partial charge in [-0.15, -0.1) is 0 Å². The number of esters is 1. The van der Waals surface area contributed by atoms with Crippen LogP contribution in [0.5, 0.6) is 11.5 Å². The SMILES string of the molecule is CCCOc1ccccc1OCC(=O)OCC(=O)Nc1c(C)cccc1C(C)C. The minimum Gasteiger partial charge on any atom is -0.490 e. The number of aryl methyl sites for hydroxylation is 1. The van der Waals surface area contributed by atoms with E-state index in [1.54, 1.807) is 18.2 Å². The van der Waals surface area contributed by atoms with Crippen LogP contribution in [-0.4, -0.2) is 31.7 Å². The van der Waals surface area contributed by atoms with Crippen molar-refractivity contribution in [3.8, 4) is 11.5 Å². The van der Waals surface area contributed by atoms with Crippen LogP contribution >= 0.6 is 0 Å². The van der Waals surface area contributed by atoms with Gasteiger partial charge in [-0.25, -0.2) is 4.79 Å². The second kappa shape index (κ2) is 11.1. The fraction of sp³-hybridized carbons (Fsp3) is 0.391. The number of anilines is 1. The predicted molar refractivity (Wildman–Crippen MR) is 113 cm³/mol. The molecule has 2 aromatic carbocycles. The molecule has 0 aromatic heterocycles. The van der Waals surface area contributed by atoms with Gasteiger partial charge >= 0.3 is 5.97 Å². The smallest absolute Gasteiger partial charge is 0.344 e. The van der Waals surface area contributed by atoms with Crippen LogP contribution in [-0.2, 0) is 14.3 Å². The first-order chi connectivity index (χ1) is 13.9. The van der Waals surface area contributed by atoms with Crippen molar-refractivity contribution in [2.24, 2.45) is 0 Å². The van der Waals surface area contributed by atoms with Gasteiger partial charge in [0.1, 0.15) is 0 Å². The zero-order chi connectivity index (χ0) is 21.2. The van der Waals surface area contributed by atoms with Crippen LogP contribution in [0.25, 0.3) is 0 Å². The average molecular weight is 399 g/mol. The largest absolute Gasteiger partial charge is 0.490 e. The Kier molecular flexibility index (Phi) is 8.52. The van der Waals surface area contributed by atoms with Crippen LogP contribution < -0.4 is 14.8 Å². The van der Waals surface area contributed by atoms with E-state index >= 15 is 0 Å². The average Bonchev–Trinajstić information content (AvgIpc) is 2.71. The molecule has 6 heteroatoms. The number of hydrogen-bond acceptors (Lipinski definition) is 5. The number of benzene rings is 2. The number of hydrogen-bond donors (Lipinski definition) is 1. The zero-order valence-corrected chi connectivity index (χ0v) is 17.5. The molecule has 0 saturated heterocycles. The van der Waals surface area contributed by atoms with E-state index in [-0.39, 0.29) is 25.0 Å². The van der Waals surface area contributed by atoms with Gasteiger partial charge in [0, 0.05) is 5.69 Å². The molecule has 0 aliphatic carbocycles. The van der Waals surface area contributed by atoms with Crippen molar-refractivity contribution in [1.29, 1.82) is 0 Å². The maximum absolute atomic E-state index is 12.2. The molecule has 0 aliphatic rings. The van der Waals surface area contributed by atoms with Gasteiger partial charge in [-0.1, -0.05) is 51.1 Å². The molecule has 6 nitrogen and oxygen atoms in total. The van der Waals surface area contributed by atoms with Crippen molar-refractivity contribution in [2.75, 3.05) is 25.1 Å². The lowest BCUT2D eigenvalue weighted by molar-refractivity contribution is -0.149. The summed E-state index contributed by atoms with van der Waals surface area (Å²) in [6.07, 6.45) is 0.866. The normalized spacial score (nSPS) is 10.5. The third-order valence-corrected chi connectivity index (χ3v) is 4.21. The summed E-state index contributed by atoms with van der Waals surface area (Å²) in [7, 11) is 0. The Bertz CT molecular complexity index is 832. The highest BCUT2D eigenvalue weighted by atomic mass is 16.6. The van der Waals surface area contributed by atoms with E-state index in [1.807, 2.05) is 38.1 Å². The standard InChI is InChI=1S/C23H29NO5/c1-5-13-27-19-11-6-7-12-20(19)28-15-22(26)29-14-21(25)24-23-17(4)9-8-10-18(23)16(2)3/h6-12,16H,5,13-15H2,1-4H3,(H,24,25). The summed E-state index contributed by atoms with van der Waals surface area (Å²) >= 11 is 0. The van der Waals surface area contributed by atoms with Crippen LogP contribution in [0.2, 0.25) is 0 Å². The number of rotatable bonds is 10. The van der Waals surface area contributed by atoms with Gasteiger partial charge in [-0.05, 0) is 42.5 Å². The lowest BCUT2D eigenvalue weighted by Crippen LogP contribution is -2.24. The Morgan fingerprint density at radius 2 is 1.66 bits per heavy atom. The Morgan fingerprint density at radius 3 is 2.31 bits per heavy atom. The quantitative estimate of drug-likeness (QED) is 0.597. The molecular weight excluding hydrogens is 370 g/mol. The first-order valence-electron chi connectivity index (χ1n) is 9.82. The molecule has 0 bridgehead atoms. The van der Waals surface area contributed by atoms with Gasteiger partial charge in [0.05, 0.1) is 6.61 Å². The van der Waals surface area contributed by atoms with Crippen molar-refractivity contribution < 1.29 is 23.8 Å². The molecule has 0 spiro atoms. The topological polar surface area (TPSA) is 73.9 Å². The summed E-state index contributed by atoms with van der Waals surface area (Å²) in [6, 6.07) is 13.0. The second-order valence-electron chi connectivity index (χ2n) is 6.99. The number of carbonyl (C=O) groups is 2. The summed E-state index contributed by atoms with van der Waals surface area (Å²) in [5.74, 6) is 0.279. The van der Waals surface area contributed by atoms with E-state index in [9.17, 15) is 9.59 Å². The van der Waals surface area contributed by atoms with E-state index in [1.165, 1.54) is 0 Å². The van der Waals surface area contributed by atoms with E-state index in [0.717, 1.165) is 23.2 Å². The molecule has 1 N–H and O–H groups in total. The highest BCUT2D eigenvalue weighted by Crippen LogP contribution is 2.28. The minimum atomic E-state index is -0.626. The predicted octanol–water partition coefficient (Wildman–Crippen LogP) is 4.47. The molecule has 29 heavy (non-hydrogen) atoms. The first kappa shape index (κ1) is 22.3. The van der Waals surface area contributed by atoms with Crippen molar-refractivity contribution in [3.63, 3.8) is 0 Å². The van der Waals surface area contributed by atoms with Crippen molar-refractivity contribution in [1.82, 2.24) is 0 Å². The van der Waals surface area contributed by atoms with Crippen LogP contribution in [0.3, 0.4) is 0 Å². The van der Waals surface area contributed by atoms with Crippen LogP contribution in [0, 0.1) is 6.92 Å². The molecule has 0 heterocycles. The second-order valence-corrected chi connectivity index (χ2v) is 6.99. The maximum atomic E-state index is 12.2. The fourth-order valence-corrected chi connectivity index (χ4v) is 2.74. The van der Waals surface area contributed by atoms with Crippen molar-refractivity contribution >= 4 is 17.6 Å².